The normalized spacial score (nSPS) is 10.9. The van der Waals surface area contributed by atoms with Crippen LogP contribution in [0, 0.1) is 11.3 Å². The molecule has 0 aliphatic rings. The van der Waals surface area contributed by atoms with Crippen LogP contribution in [0.2, 0.25) is 0 Å². The highest BCUT2D eigenvalue weighted by Crippen LogP contribution is 2.19. The Morgan fingerprint density at radius 2 is 2.17 bits per heavy atom. The van der Waals surface area contributed by atoms with Crippen molar-refractivity contribution in [1.29, 1.82) is 5.26 Å². The van der Waals surface area contributed by atoms with E-state index in [0.29, 0.717) is 5.56 Å². The van der Waals surface area contributed by atoms with Gasteiger partial charge in [0.2, 0.25) is 0 Å². The van der Waals surface area contributed by atoms with Gasteiger partial charge in [0.05, 0.1) is 5.56 Å². The van der Waals surface area contributed by atoms with Gasteiger partial charge in [0.15, 0.2) is 0 Å². The van der Waals surface area contributed by atoms with Crippen molar-refractivity contribution in [3.63, 3.8) is 0 Å². The van der Waals surface area contributed by atoms with E-state index in [1.165, 1.54) is 43.8 Å². The number of nitriles is 1. The quantitative estimate of drug-likeness (QED) is 0.897. The fourth-order valence-electron chi connectivity index (χ4n) is 1.39. The third-order valence-electron chi connectivity index (χ3n) is 2.43. The molecular weight excluding hydrogens is 252 g/mol. The number of hydrogen-bond donors (Lipinski definition) is 1. The molecule has 1 N–H and O–H groups in total. The van der Waals surface area contributed by atoms with Gasteiger partial charge in [0.1, 0.15) is 16.8 Å². The second-order valence-corrected chi connectivity index (χ2v) is 5.51. The third kappa shape index (κ3) is 2.06. The predicted molar refractivity (Wildman–Crippen MR) is 65.3 cm³/mol. The molecule has 0 fully saturated rings. The molecule has 2 rings (SSSR count). The van der Waals surface area contributed by atoms with Crippen molar-refractivity contribution < 1.29 is 8.42 Å². The molecule has 0 radical (unpaired) electrons. The van der Waals surface area contributed by atoms with E-state index in [4.69, 9.17) is 5.26 Å². The van der Waals surface area contributed by atoms with Crippen molar-refractivity contribution in [2.45, 2.75) is 4.90 Å². The molecule has 0 spiro atoms. The van der Waals surface area contributed by atoms with Gasteiger partial charge in [-0.3, -0.25) is 4.31 Å². The summed E-state index contributed by atoms with van der Waals surface area (Å²) in [6.45, 7) is 0. The van der Waals surface area contributed by atoms with Crippen LogP contribution in [-0.2, 0) is 10.0 Å². The van der Waals surface area contributed by atoms with E-state index in [2.05, 4.69) is 9.97 Å². The summed E-state index contributed by atoms with van der Waals surface area (Å²) in [7, 11) is -2.20. The maximum absolute atomic E-state index is 12.1. The molecule has 0 aromatic carbocycles. The molecular formula is C11H10N4O2S. The largest absolute Gasteiger partial charge is 0.366 e. The Balaban J connectivity index is 2.37. The molecule has 0 aliphatic carbocycles. The van der Waals surface area contributed by atoms with Crippen molar-refractivity contribution in [2.75, 3.05) is 11.4 Å². The van der Waals surface area contributed by atoms with Crippen molar-refractivity contribution >= 4 is 15.8 Å². The van der Waals surface area contributed by atoms with Gasteiger partial charge in [-0.1, -0.05) is 0 Å². The average Bonchev–Trinajstić information content (AvgIpc) is 2.92. The van der Waals surface area contributed by atoms with E-state index in [1.54, 1.807) is 0 Å². The van der Waals surface area contributed by atoms with E-state index in [-0.39, 0.29) is 10.7 Å². The summed E-state index contributed by atoms with van der Waals surface area (Å²) in [6, 6.07) is 6.40. The molecule has 18 heavy (non-hydrogen) atoms. The Kier molecular flexibility index (Phi) is 3.04. The van der Waals surface area contributed by atoms with E-state index in [1.807, 2.05) is 6.07 Å². The maximum Gasteiger partial charge on any atom is 0.266 e. The Bertz CT molecular complexity index is 669. The van der Waals surface area contributed by atoms with E-state index >= 15 is 0 Å². The van der Waals surface area contributed by atoms with Crippen molar-refractivity contribution in [3.8, 4) is 6.07 Å². The van der Waals surface area contributed by atoms with Gasteiger partial charge in [0.25, 0.3) is 10.0 Å². The summed E-state index contributed by atoms with van der Waals surface area (Å²) in [4.78, 5) is 6.79. The fraction of sp³-hybridized carbons (Fsp3) is 0.0909. The lowest BCUT2D eigenvalue weighted by atomic mass is 10.3. The lowest BCUT2D eigenvalue weighted by molar-refractivity contribution is 0.594. The van der Waals surface area contributed by atoms with Gasteiger partial charge < -0.3 is 4.98 Å². The summed E-state index contributed by atoms with van der Waals surface area (Å²) >= 11 is 0. The number of nitrogens with zero attached hydrogens (tertiary/aromatic N) is 3. The highest BCUT2D eigenvalue weighted by atomic mass is 32.2. The van der Waals surface area contributed by atoms with Crippen LogP contribution < -0.4 is 4.31 Å². The molecule has 92 valence electrons. The van der Waals surface area contributed by atoms with Gasteiger partial charge in [-0.25, -0.2) is 13.4 Å². The zero-order chi connectivity index (χ0) is 13.2. The van der Waals surface area contributed by atoms with Gasteiger partial charge in [-0.05, 0) is 18.2 Å². The van der Waals surface area contributed by atoms with Gasteiger partial charge in [-0.15, -0.1) is 0 Å². The molecule has 2 heterocycles. The SMILES string of the molecule is CN(c1ccc(C#N)cn1)S(=O)(=O)c1cc[nH]c1. The maximum atomic E-state index is 12.1. The third-order valence-corrected chi connectivity index (χ3v) is 4.19. The van der Waals surface area contributed by atoms with Gasteiger partial charge >= 0.3 is 0 Å². The van der Waals surface area contributed by atoms with Crippen LogP contribution in [0.15, 0.2) is 41.7 Å². The standard InChI is InChI=1S/C11H10N4O2S/c1-15(11-3-2-9(6-12)7-14-11)18(16,17)10-4-5-13-8-10/h2-5,7-8,13H,1H3. The molecule has 0 bridgehead atoms. The van der Waals surface area contributed by atoms with Crippen LogP contribution in [0.3, 0.4) is 0 Å². The first-order valence-electron chi connectivity index (χ1n) is 5.03. The van der Waals surface area contributed by atoms with Crippen LogP contribution in [0.1, 0.15) is 5.56 Å². The monoisotopic (exact) mass is 262 g/mol. The van der Waals surface area contributed by atoms with Crippen molar-refractivity contribution in [1.82, 2.24) is 9.97 Å². The number of anilines is 1. The molecule has 6 nitrogen and oxygen atoms in total. The lowest BCUT2D eigenvalue weighted by Gasteiger charge is -2.17. The number of H-pyrrole nitrogens is 1. The number of hydrogen-bond acceptors (Lipinski definition) is 4. The summed E-state index contributed by atoms with van der Waals surface area (Å²) in [5.41, 5.74) is 0.381. The molecule has 2 aromatic rings. The van der Waals surface area contributed by atoms with E-state index < -0.39 is 10.0 Å². The Hall–Kier alpha value is -2.33. The van der Waals surface area contributed by atoms with Crippen LogP contribution >= 0.6 is 0 Å². The number of pyridine rings is 1. The first kappa shape index (κ1) is 12.1. The number of nitrogens with one attached hydrogen (secondary N) is 1. The minimum Gasteiger partial charge on any atom is -0.366 e. The molecule has 0 unspecified atom stereocenters. The number of aromatic nitrogens is 2. The highest BCUT2D eigenvalue weighted by molar-refractivity contribution is 7.92. The number of aromatic amines is 1. The Morgan fingerprint density at radius 1 is 1.39 bits per heavy atom. The van der Waals surface area contributed by atoms with Crippen LogP contribution in [0.5, 0.6) is 0 Å². The first-order valence-corrected chi connectivity index (χ1v) is 6.47. The molecule has 0 atom stereocenters. The molecule has 0 saturated carbocycles. The van der Waals surface area contributed by atoms with Gasteiger partial charge in [-0.2, -0.15) is 5.26 Å². The number of rotatable bonds is 3. The average molecular weight is 262 g/mol. The van der Waals surface area contributed by atoms with Crippen LogP contribution in [-0.4, -0.2) is 25.4 Å². The summed E-state index contributed by atoms with van der Waals surface area (Å²) in [5, 5.41) is 8.65. The molecule has 0 aliphatic heterocycles. The second-order valence-electron chi connectivity index (χ2n) is 3.54. The molecule has 7 heteroatoms. The minimum atomic E-state index is -3.61. The number of sulfonamides is 1. The lowest BCUT2D eigenvalue weighted by Crippen LogP contribution is -2.27. The predicted octanol–water partition coefficient (Wildman–Crippen LogP) is 1.11. The van der Waals surface area contributed by atoms with E-state index in [0.717, 1.165) is 4.31 Å². The van der Waals surface area contributed by atoms with Crippen molar-refractivity contribution in [3.05, 3.63) is 42.4 Å². The smallest absolute Gasteiger partial charge is 0.266 e. The molecule has 0 saturated heterocycles. The molecule has 2 aromatic heterocycles. The minimum absolute atomic E-state index is 0.163. The van der Waals surface area contributed by atoms with Gasteiger partial charge in [0, 0.05) is 25.6 Å². The van der Waals surface area contributed by atoms with Crippen LogP contribution in [0.25, 0.3) is 0 Å². The van der Waals surface area contributed by atoms with Crippen LogP contribution in [0.4, 0.5) is 5.82 Å². The zero-order valence-electron chi connectivity index (χ0n) is 9.53. The van der Waals surface area contributed by atoms with Crippen molar-refractivity contribution in [2.24, 2.45) is 0 Å². The summed E-state index contributed by atoms with van der Waals surface area (Å²) in [6.07, 6.45) is 4.26. The zero-order valence-corrected chi connectivity index (χ0v) is 10.3. The molecule has 0 amide bonds. The summed E-state index contributed by atoms with van der Waals surface area (Å²) < 4.78 is 25.4. The fourth-order valence-corrected chi connectivity index (χ4v) is 2.52. The topological polar surface area (TPSA) is 89.8 Å². The Morgan fingerprint density at radius 3 is 2.67 bits per heavy atom. The summed E-state index contributed by atoms with van der Waals surface area (Å²) in [5.74, 6) is 0.259. The van der Waals surface area contributed by atoms with E-state index in [9.17, 15) is 8.42 Å². The second kappa shape index (κ2) is 4.50. The Labute approximate surface area is 105 Å². The first-order chi connectivity index (χ1) is 8.55. The highest BCUT2D eigenvalue weighted by Gasteiger charge is 2.22.